The highest BCUT2D eigenvalue weighted by Crippen LogP contribution is 2.38. The lowest BCUT2D eigenvalue weighted by atomic mass is 10.1. The highest BCUT2D eigenvalue weighted by atomic mass is 16.5. The fourth-order valence-electron chi connectivity index (χ4n) is 4.08. The van der Waals surface area contributed by atoms with Crippen molar-refractivity contribution in [3.8, 4) is 22.8 Å². The third kappa shape index (κ3) is 3.95. The van der Waals surface area contributed by atoms with Gasteiger partial charge in [-0.3, -0.25) is 4.79 Å². The maximum absolute atomic E-state index is 13.0. The van der Waals surface area contributed by atoms with E-state index in [1.54, 1.807) is 7.11 Å². The van der Waals surface area contributed by atoms with Crippen molar-refractivity contribution >= 4 is 16.9 Å². The van der Waals surface area contributed by atoms with Crippen LogP contribution < -0.4 is 20.1 Å². The Morgan fingerprint density at radius 3 is 2.87 bits per heavy atom. The Morgan fingerprint density at radius 1 is 1.26 bits per heavy atom. The van der Waals surface area contributed by atoms with Crippen LogP contribution >= 0.6 is 0 Å². The van der Waals surface area contributed by atoms with E-state index in [-0.39, 0.29) is 11.9 Å². The Bertz CT molecular complexity index is 1120. The zero-order valence-corrected chi connectivity index (χ0v) is 17.8. The van der Waals surface area contributed by atoms with Crippen molar-refractivity contribution in [3.63, 3.8) is 0 Å². The van der Waals surface area contributed by atoms with Gasteiger partial charge in [-0.15, -0.1) is 0 Å². The van der Waals surface area contributed by atoms with E-state index in [0.717, 1.165) is 47.8 Å². The number of nitrogens with zero attached hydrogens (tertiary/aromatic N) is 2. The summed E-state index contributed by atoms with van der Waals surface area (Å²) in [6.07, 6.45) is 4.87. The molecule has 1 saturated heterocycles. The van der Waals surface area contributed by atoms with Gasteiger partial charge in [0.2, 0.25) is 0 Å². The van der Waals surface area contributed by atoms with Crippen molar-refractivity contribution in [1.82, 2.24) is 25.6 Å². The van der Waals surface area contributed by atoms with Gasteiger partial charge in [0.1, 0.15) is 29.0 Å². The van der Waals surface area contributed by atoms with Crippen LogP contribution in [0.15, 0.2) is 24.5 Å². The van der Waals surface area contributed by atoms with Crippen molar-refractivity contribution < 1.29 is 14.3 Å². The van der Waals surface area contributed by atoms with Gasteiger partial charge >= 0.3 is 0 Å². The summed E-state index contributed by atoms with van der Waals surface area (Å²) in [7, 11) is 1.64. The number of carbonyl (C=O) groups excluding carboxylic acids is 1. The van der Waals surface area contributed by atoms with Gasteiger partial charge in [0.05, 0.1) is 24.8 Å². The maximum Gasteiger partial charge on any atom is 0.255 e. The molecule has 162 valence electrons. The van der Waals surface area contributed by atoms with Crippen LogP contribution in [0.5, 0.6) is 11.5 Å². The molecule has 1 aliphatic carbocycles. The van der Waals surface area contributed by atoms with Crippen LogP contribution in [0, 0.1) is 12.8 Å². The molecular formula is C23H27N5O3. The topological polar surface area (TPSA) is 101 Å². The number of ether oxygens (including phenoxy) is 2. The lowest BCUT2D eigenvalue weighted by Gasteiger charge is -2.13. The number of hydrogen-bond donors (Lipinski definition) is 3. The highest BCUT2D eigenvalue weighted by molar-refractivity contribution is 6.09. The first kappa shape index (κ1) is 19.8. The number of H-pyrrole nitrogens is 1. The molecule has 0 unspecified atom stereocenters. The second-order valence-corrected chi connectivity index (χ2v) is 8.35. The number of methoxy groups -OCH3 is 1. The van der Waals surface area contributed by atoms with Gasteiger partial charge < -0.3 is 25.1 Å². The molecule has 5 rings (SSSR count). The summed E-state index contributed by atoms with van der Waals surface area (Å²) in [5.74, 6) is 1.99. The minimum atomic E-state index is -0.113. The Labute approximate surface area is 180 Å². The van der Waals surface area contributed by atoms with Gasteiger partial charge in [0, 0.05) is 23.8 Å². The summed E-state index contributed by atoms with van der Waals surface area (Å²) >= 11 is 0. The minimum absolute atomic E-state index is 0.113. The molecule has 0 bridgehead atoms. The normalized spacial score (nSPS) is 18.3. The van der Waals surface area contributed by atoms with Gasteiger partial charge in [0.15, 0.2) is 0 Å². The molecule has 3 aromatic rings. The quantitative estimate of drug-likeness (QED) is 0.542. The largest absolute Gasteiger partial charge is 0.497 e. The van der Waals surface area contributed by atoms with Crippen molar-refractivity contribution in [3.05, 3.63) is 35.8 Å². The monoisotopic (exact) mass is 421 g/mol. The van der Waals surface area contributed by atoms with Gasteiger partial charge in [0.25, 0.3) is 5.91 Å². The molecule has 8 heteroatoms. The lowest BCUT2D eigenvalue weighted by Crippen LogP contribution is -2.36. The average molecular weight is 422 g/mol. The Balaban J connectivity index is 1.55. The minimum Gasteiger partial charge on any atom is -0.497 e. The first-order valence-corrected chi connectivity index (χ1v) is 10.8. The van der Waals surface area contributed by atoms with E-state index in [4.69, 9.17) is 9.47 Å². The van der Waals surface area contributed by atoms with E-state index in [1.165, 1.54) is 19.2 Å². The van der Waals surface area contributed by atoms with Crippen molar-refractivity contribution in [2.45, 2.75) is 32.2 Å². The van der Waals surface area contributed by atoms with Gasteiger partial charge in [-0.1, -0.05) is 0 Å². The van der Waals surface area contributed by atoms with Crippen LogP contribution in [0.25, 0.3) is 22.3 Å². The second kappa shape index (κ2) is 8.19. The fourth-order valence-corrected chi connectivity index (χ4v) is 4.08. The van der Waals surface area contributed by atoms with Crippen LogP contribution in [0.2, 0.25) is 0 Å². The standard InChI is InChI=1S/C23H27N5O3/c1-13-19(23(29)28-15-7-8-24-10-15)21-22(27-13)20(25-12-26-21)17-9-16(30-2)5-6-18(17)31-11-14-3-4-14/h5-6,9,12,14-15,24,27H,3-4,7-8,10-11H2,1-2H3,(H,28,29)/t15-/m1/s1. The van der Waals surface area contributed by atoms with Crippen molar-refractivity contribution in [1.29, 1.82) is 0 Å². The molecule has 1 saturated carbocycles. The molecule has 1 aliphatic heterocycles. The maximum atomic E-state index is 13.0. The molecule has 1 amide bonds. The summed E-state index contributed by atoms with van der Waals surface area (Å²) in [6.45, 7) is 4.30. The van der Waals surface area contributed by atoms with Gasteiger partial charge in [-0.25, -0.2) is 9.97 Å². The van der Waals surface area contributed by atoms with E-state index < -0.39 is 0 Å². The molecule has 2 aliphatic rings. The number of carbonyl (C=O) groups is 1. The lowest BCUT2D eigenvalue weighted by molar-refractivity contribution is 0.0941. The Morgan fingerprint density at radius 2 is 2.13 bits per heavy atom. The molecule has 1 atom stereocenters. The number of aryl methyl sites for hydroxylation is 1. The fraction of sp³-hybridized carbons (Fsp3) is 0.435. The van der Waals surface area contributed by atoms with Crippen LogP contribution in [-0.2, 0) is 0 Å². The zero-order valence-electron chi connectivity index (χ0n) is 17.8. The van der Waals surface area contributed by atoms with Crippen LogP contribution in [-0.4, -0.2) is 53.7 Å². The van der Waals surface area contributed by atoms with E-state index in [0.29, 0.717) is 29.3 Å². The van der Waals surface area contributed by atoms with E-state index >= 15 is 0 Å². The molecule has 2 aromatic heterocycles. The molecule has 0 radical (unpaired) electrons. The predicted molar refractivity (Wildman–Crippen MR) is 118 cm³/mol. The van der Waals surface area contributed by atoms with Gasteiger partial charge in [-0.05, 0) is 56.8 Å². The molecule has 3 heterocycles. The molecule has 0 spiro atoms. The first-order valence-electron chi connectivity index (χ1n) is 10.8. The number of nitrogens with one attached hydrogen (secondary N) is 3. The van der Waals surface area contributed by atoms with Crippen LogP contribution in [0.1, 0.15) is 35.3 Å². The Kier molecular flexibility index (Phi) is 5.23. The molecule has 31 heavy (non-hydrogen) atoms. The van der Waals surface area contributed by atoms with Gasteiger partial charge in [-0.2, -0.15) is 0 Å². The SMILES string of the molecule is COc1ccc(OCC2CC2)c(-c2ncnc3c(C(=O)N[C@@H]4CCNC4)c(C)[nH]c23)c1. The number of aromatic amines is 1. The third-order valence-electron chi connectivity index (χ3n) is 6.01. The van der Waals surface area contributed by atoms with E-state index in [2.05, 4.69) is 25.6 Å². The molecule has 2 fully saturated rings. The van der Waals surface area contributed by atoms with Crippen LogP contribution in [0.3, 0.4) is 0 Å². The predicted octanol–water partition coefficient (Wildman–Crippen LogP) is 2.82. The number of aromatic nitrogens is 3. The highest BCUT2D eigenvalue weighted by Gasteiger charge is 2.26. The summed E-state index contributed by atoms with van der Waals surface area (Å²) in [5.41, 5.74) is 4.18. The smallest absolute Gasteiger partial charge is 0.255 e. The number of rotatable bonds is 7. The van der Waals surface area contributed by atoms with Crippen molar-refractivity contribution in [2.24, 2.45) is 5.92 Å². The second-order valence-electron chi connectivity index (χ2n) is 8.35. The van der Waals surface area contributed by atoms with Crippen molar-refractivity contribution in [2.75, 3.05) is 26.8 Å². The van der Waals surface area contributed by atoms with Crippen LogP contribution in [0.4, 0.5) is 0 Å². The van der Waals surface area contributed by atoms with E-state index in [9.17, 15) is 4.79 Å². The number of hydrogen-bond acceptors (Lipinski definition) is 6. The average Bonchev–Trinajstić information content (AvgIpc) is 3.34. The summed E-state index contributed by atoms with van der Waals surface area (Å²) < 4.78 is 11.6. The molecule has 8 nitrogen and oxygen atoms in total. The zero-order chi connectivity index (χ0) is 21.4. The molecule has 3 N–H and O–H groups in total. The number of benzene rings is 1. The summed E-state index contributed by atoms with van der Waals surface area (Å²) in [4.78, 5) is 25.4. The number of fused-ring (bicyclic) bond motifs is 1. The number of amides is 1. The summed E-state index contributed by atoms with van der Waals surface area (Å²) in [5, 5.41) is 6.39. The summed E-state index contributed by atoms with van der Waals surface area (Å²) in [6, 6.07) is 5.86. The third-order valence-corrected chi connectivity index (χ3v) is 6.01. The Hall–Kier alpha value is -3.13. The first-order chi connectivity index (χ1) is 15.1. The molecule has 1 aromatic carbocycles. The molecular weight excluding hydrogens is 394 g/mol. The van der Waals surface area contributed by atoms with E-state index in [1.807, 2.05) is 25.1 Å².